The zero-order chi connectivity index (χ0) is 11.7. The number of carbonyl (C=O) groups is 1. The summed E-state index contributed by atoms with van der Waals surface area (Å²) in [5, 5.41) is 22.6. The number of hydrogen-bond donors (Lipinski definition) is 4. The monoisotopic (exact) mass is 219 g/mol. The van der Waals surface area contributed by atoms with Crippen LogP contribution in [0.15, 0.2) is 12.1 Å². The lowest BCUT2D eigenvalue weighted by molar-refractivity contribution is 0.0698. The van der Waals surface area contributed by atoms with Gasteiger partial charge in [0.15, 0.2) is 0 Å². The molecule has 0 amide bonds. The minimum absolute atomic E-state index is 0.217. The molecule has 2 rings (SSSR count). The van der Waals surface area contributed by atoms with Crippen molar-refractivity contribution < 1.29 is 9.90 Å². The van der Waals surface area contributed by atoms with Crippen LogP contribution in [-0.4, -0.2) is 23.5 Å². The van der Waals surface area contributed by atoms with E-state index in [0.717, 1.165) is 5.56 Å². The molecule has 0 aromatic heterocycles. The summed E-state index contributed by atoms with van der Waals surface area (Å²) >= 11 is 0. The van der Waals surface area contributed by atoms with Crippen molar-refractivity contribution in [2.24, 2.45) is 0 Å². The van der Waals surface area contributed by atoms with Gasteiger partial charge in [-0.2, -0.15) is 0 Å². The second-order valence-electron chi connectivity index (χ2n) is 3.62. The first kappa shape index (κ1) is 10.5. The minimum atomic E-state index is -0.974. The predicted molar refractivity (Wildman–Crippen MR) is 61.2 cm³/mol. The Morgan fingerprint density at radius 3 is 3.00 bits per heavy atom. The second kappa shape index (κ2) is 3.84. The first-order valence-corrected chi connectivity index (χ1v) is 5.10. The SMILES string of the molecule is CCNc1cc2c(cc1C(=O)O)C(=N)NC2. The van der Waals surface area contributed by atoms with E-state index >= 15 is 0 Å². The fraction of sp³-hybridized carbons (Fsp3) is 0.273. The van der Waals surface area contributed by atoms with Crippen LogP contribution in [0.2, 0.25) is 0 Å². The highest BCUT2D eigenvalue weighted by atomic mass is 16.4. The standard InChI is InChI=1S/C11H13N3O2/c1-2-13-9-3-6-5-14-10(12)7(6)4-8(9)11(15)16/h3-4,13H,2,5H2,1H3,(H2,12,14)(H,15,16). The molecule has 84 valence electrons. The average molecular weight is 219 g/mol. The van der Waals surface area contributed by atoms with Crippen molar-refractivity contribution in [2.45, 2.75) is 13.5 Å². The highest BCUT2D eigenvalue weighted by Crippen LogP contribution is 2.24. The van der Waals surface area contributed by atoms with Crippen molar-refractivity contribution in [3.05, 3.63) is 28.8 Å². The zero-order valence-electron chi connectivity index (χ0n) is 8.92. The second-order valence-corrected chi connectivity index (χ2v) is 3.62. The largest absolute Gasteiger partial charge is 0.478 e. The van der Waals surface area contributed by atoms with Gasteiger partial charge < -0.3 is 15.7 Å². The molecule has 0 saturated carbocycles. The number of hydrogen-bond acceptors (Lipinski definition) is 3. The van der Waals surface area contributed by atoms with Gasteiger partial charge in [-0.25, -0.2) is 4.79 Å². The lowest BCUT2D eigenvalue weighted by Gasteiger charge is -2.09. The quantitative estimate of drug-likeness (QED) is 0.616. The Balaban J connectivity index is 2.54. The van der Waals surface area contributed by atoms with Crippen molar-refractivity contribution >= 4 is 17.5 Å². The molecule has 1 heterocycles. The maximum Gasteiger partial charge on any atom is 0.337 e. The number of aromatic carboxylic acids is 1. The summed E-state index contributed by atoms with van der Waals surface area (Å²) in [5.74, 6) is -0.681. The number of benzene rings is 1. The number of rotatable bonds is 3. The average Bonchev–Trinajstić information content (AvgIpc) is 2.59. The smallest absolute Gasteiger partial charge is 0.337 e. The van der Waals surface area contributed by atoms with Gasteiger partial charge in [-0.1, -0.05) is 0 Å². The Morgan fingerprint density at radius 2 is 2.38 bits per heavy atom. The van der Waals surface area contributed by atoms with Gasteiger partial charge in [0.1, 0.15) is 5.84 Å². The van der Waals surface area contributed by atoms with Crippen LogP contribution >= 0.6 is 0 Å². The van der Waals surface area contributed by atoms with Crippen LogP contribution in [0.25, 0.3) is 0 Å². The van der Waals surface area contributed by atoms with Gasteiger partial charge >= 0.3 is 5.97 Å². The molecule has 0 unspecified atom stereocenters. The number of amidine groups is 1. The number of carboxylic acid groups (broad SMARTS) is 1. The molecule has 0 fully saturated rings. The van der Waals surface area contributed by atoms with Gasteiger partial charge in [-0.3, -0.25) is 5.41 Å². The molecule has 0 saturated heterocycles. The van der Waals surface area contributed by atoms with E-state index in [1.807, 2.05) is 6.92 Å². The molecule has 0 radical (unpaired) electrons. The Labute approximate surface area is 93.0 Å². The third-order valence-corrected chi connectivity index (χ3v) is 2.57. The molecule has 1 aliphatic heterocycles. The summed E-state index contributed by atoms with van der Waals surface area (Å²) in [4.78, 5) is 11.1. The minimum Gasteiger partial charge on any atom is -0.478 e. The fourth-order valence-corrected chi connectivity index (χ4v) is 1.82. The fourth-order valence-electron chi connectivity index (χ4n) is 1.82. The molecule has 0 spiro atoms. The van der Waals surface area contributed by atoms with E-state index in [9.17, 15) is 4.79 Å². The van der Waals surface area contributed by atoms with Gasteiger partial charge in [-0.15, -0.1) is 0 Å². The van der Waals surface area contributed by atoms with Gasteiger partial charge in [-0.05, 0) is 24.6 Å². The molecule has 0 atom stereocenters. The van der Waals surface area contributed by atoms with E-state index in [0.29, 0.717) is 30.2 Å². The molecule has 4 N–H and O–H groups in total. The van der Waals surface area contributed by atoms with Crippen LogP contribution in [0, 0.1) is 5.41 Å². The topological polar surface area (TPSA) is 85.2 Å². The van der Waals surface area contributed by atoms with Crippen molar-refractivity contribution in [1.82, 2.24) is 5.32 Å². The molecular formula is C11H13N3O2. The summed E-state index contributed by atoms with van der Waals surface area (Å²) in [6.45, 7) is 3.18. The van der Waals surface area contributed by atoms with Crippen molar-refractivity contribution in [3.63, 3.8) is 0 Å². The summed E-state index contributed by atoms with van der Waals surface area (Å²) in [5.41, 5.74) is 2.48. The van der Waals surface area contributed by atoms with Crippen molar-refractivity contribution in [3.8, 4) is 0 Å². The van der Waals surface area contributed by atoms with Gasteiger partial charge in [0.2, 0.25) is 0 Å². The van der Waals surface area contributed by atoms with Crippen LogP contribution in [0.1, 0.15) is 28.4 Å². The van der Waals surface area contributed by atoms with E-state index in [1.165, 1.54) is 0 Å². The third-order valence-electron chi connectivity index (χ3n) is 2.57. The van der Waals surface area contributed by atoms with E-state index in [2.05, 4.69) is 10.6 Å². The van der Waals surface area contributed by atoms with Crippen molar-refractivity contribution in [2.75, 3.05) is 11.9 Å². The number of nitrogens with one attached hydrogen (secondary N) is 3. The lowest BCUT2D eigenvalue weighted by atomic mass is 10.0. The zero-order valence-corrected chi connectivity index (χ0v) is 8.92. The van der Waals surface area contributed by atoms with Crippen LogP contribution in [0.4, 0.5) is 5.69 Å². The van der Waals surface area contributed by atoms with Crippen LogP contribution in [0.3, 0.4) is 0 Å². The molecule has 5 heteroatoms. The van der Waals surface area contributed by atoms with Crippen LogP contribution < -0.4 is 10.6 Å². The molecule has 16 heavy (non-hydrogen) atoms. The maximum absolute atomic E-state index is 11.1. The van der Waals surface area contributed by atoms with Gasteiger partial charge in [0.25, 0.3) is 0 Å². The molecule has 0 aliphatic carbocycles. The summed E-state index contributed by atoms with van der Waals surface area (Å²) < 4.78 is 0. The van der Waals surface area contributed by atoms with Gasteiger partial charge in [0.05, 0.1) is 5.56 Å². The Hall–Kier alpha value is -2.04. The summed E-state index contributed by atoms with van der Waals surface area (Å²) in [6.07, 6.45) is 0. The molecule has 0 bridgehead atoms. The van der Waals surface area contributed by atoms with Crippen LogP contribution in [-0.2, 0) is 6.54 Å². The lowest BCUT2D eigenvalue weighted by Crippen LogP contribution is -2.13. The molecule has 1 aromatic rings. The molecule has 5 nitrogen and oxygen atoms in total. The normalized spacial score (nSPS) is 13.2. The van der Waals surface area contributed by atoms with Crippen molar-refractivity contribution in [1.29, 1.82) is 5.41 Å². The molecule has 1 aliphatic rings. The maximum atomic E-state index is 11.1. The van der Waals surface area contributed by atoms with E-state index < -0.39 is 5.97 Å². The Kier molecular flexibility index (Phi) is 2.52. The predicted octanol–water partition coefficient (Wildman–Crippen LogP) is 1.25. The highest BCUT2D eigenvalue weighted by molar-refractivity contribution is 6.04. The number of anilines is 1. The highest BCUT2D eigenvalue weighted by Gasteiger charge is 2.20. The molecular weight excluding hydrogens is 206 g/mol. The third kappa shape index (κ3) is 1.60. The number of carboxylic acids is 1. The Bertz CT molecular complexity index is 469. The van der Waals surface area contributed by atoms with Crippen LogP contribution in [0.5, 0.6) is 0 Å². The first-order valence-electron chi connectivity index (χ1n) is 5.10. The van der Waals surface area contributed by atoms with E-state index in [-0.39, 0.29) is 5.56 Å². The summed E-state index contributed by atoms with van der Waals surface area (Å²) in [7, 11) is 0. The van der Waals surface area contributed by atoms with Gasteiger partial charge in [0, 0.05) is 24.3 Å². The first-order chi connectivity index (χ1) is 7.63. The van der Waals surface area contributed by atoms with E-state index in [4.69, 9.17) is 10.5 Å². The number of fused-ring (bicyclic) bond motifs is 1. The van der Waals surface area contributed by atoms with E-state index in [1.54, 1.807) is 12.1 Å². The summed E-state index contributed by atoms with van der Waals surface area (Å²) in [6, 6.07) is 3.36. The Morgan fingerprint density at radius 1 is 1.62 bits per heavy atom. The molecule has 1 aromatic carbocycles.